The summed E-state index contributed by atoms with van der Waals surface area (Å²) >= 11 is 0. The van der Waals surface area contributed by atoms with E-state index in [1.54, 1.807) is 48.7 Å². The monoisotopic (exact) mass is 517 g/mol. The van der Waals surface area contributed by atoms with Crippen LogP contribution < -0.4 is 10.1 Å². The van der Waals surface area contributed by atoms with E-state index in [0.717, 1.165) is 0 Å². The molecular formula is C28H25F2N5O3. The third kappa shape index (κ3) is 6.03. The van der Waals surface area contributed by atoms with Gasteiger partial charge in [0.25, 0.3) is 0 Å². The van der Waals surface area contributed by atoms with Gasteiger partial charge >= 0.3 is 0 Å². The Morgan fingerprint density at radius 3 is 2.37 bits per heavy atom. The Bertz CT molecular complexity index is 1400. The van der Waals surface area contributed by atoms with E-state index in [-0.39, 0.29) is 35.9 Å². The van der Waals surface area contributed by atoms with Crippen LogP contribution in [0.25, 0.3) is 0 Å². The third-order valence-corrected chi connectivity index (χ3v) is 6.42. The predicted molar refractivity (Wildman–Crippen MR) is 135 cm³/mol. The molecule has 1 N–H and O–H groups in total. The lowest BCUT2D eigenvalue weighted by Gasteiger charge is -2.24. The summed E-state index contributed by atoms with van der Waals surface area (Å²) in [6.07, 6.45) is 3.87. The van der Waals surface area contributed by atoms with E-state index in [9.17, 15) is 18.4 Å². The smallest absolute Gasteiger partial charge is 0.247 e. The summed E-state index contributed by atoms with van der Waals surface area (Å²) in [7, 11) is 0. The SMILES string of the molecule is O=C(Nc1ccc(Oc2ccc(F)cc2)cc1)C1CC(Cc2ccccc2F)CN1C(=O)Cn1ccnn1. The predicted octanol–water partition coefficient (Wildman–Crippen LogP) is 4.45. The largest absolute Gasteiger partial charge is 0.457 e. The van der Waals surface area contributed by atoms with Gasteiger partial charge in [0.05, 0.1) is 6.20 Å². The average Bonchev–Trinajstić information content (AvgIpc) is 3.58. The minimum absolute atomic E-state index is 0.0500. The summed E-state index contributed by atoms with van der Waals surface area (Å²) in [4.78, 5) is 28.0. The van der Waals surface area contributed by atoms with Crippen molar-refractivity contribution in [3.05, 3.63) is 102 Å². The standard InChI is InChI=1S/C28H25F2N5O3/c29-21-5-9-23(10-6-21)38-24-11-7-22(8-12-24)32-28(37)26-16-19(15-20-3-1-2-4-25(20)30)17-35(26)27(36)18-34-14-13-31-33-34/h1-14,19,26H,15-18H2,(H,32,37). The van der Waals surface area contributed by atoms with E-state index >= 15 is 0 Å². The zero-order valence-electron chi connectivity index (χ0n) is 20.3. The number of aromatic nitrogens is 3. The van der Waals surface area contributed by atoms with Crippen LogP contribution in [0, 0.1) is 17.6 Å². The second kappa shape index (κ2) is 11.2. The van der Waals surface area contributed by atoms with Gasteiger partial charge in [0.1, 0.15) is 35.7 Å². The third-order valence-electron chi connectivity index (χ3n) is 6.42. The van der Waals surface area contributed by atoms with Crippen LogP contribution in [-0.2, 0) is 22.6 Å². The van der Waals surface area contributed by atoms with Gasteiger partial charge in [-0.05, 0) is 78.9 Å². The first-order chi connectivity index (χ1) is 18.4. The second-order valence-electron chi connectivity index (χ2n) is 9.13. The maximum absolute atomic E-state index is 14.3. The van der Waals surface area contributed by atoms with Gasteiger partial charge in [0.15, 0.2) is 0 Å². The molecule has 10 heteroatoms. The highest BCUT2D eigenvalue weighted by Gasteiger charge is 2.39. The van der Waals surface area contributed by atoms with Crippen molar-refractivity contribution in [2.45, 2.75) is 25.4 Å². The minimum Gasteiger partial charge on any atom is -0.457 e. The van der Waals surface area contributed by atoms with E-state index in [0.29, 0.717) is 42.1 Å². The number of hydrogen-bond acceptors (Lipinski definition) is 5. The van der Waals surface area contributed by atoms with E-state index in [1.165, 1.54) is 46.1 Å². The number of anilines is 1. The molecular weight excluding hydrogens is 492 g/mol. The van der Waals surface area contributed by atoms with Gasteiger partial charge in [-0.15, -0.1) is 5.10 Å². The lowest BCUT2D eigenvalue weighted by molar-refractivity contribution is -0.137. The van der Waals surface area contributed by atoms with E-state index in [1.807, 2.05) is 0 Å². The molecule has 8 nitrogen and oxygen atoms in total. The van der Waals surface area contributed by atoms with Gasteiger partial charge in [-0.3, -0.25) is 9.59 Å². The molecule has 5 rings (SSSR count). The van der Waals surface area contributed by atoms with Crippen LogP contribution in [0.3, 0.4) is 0 Å². The molecule has 2 heterocycles. The van der Waals surface area contributed by atoms with Gasteiger partial charge < -0.3 is 15.0 Å². The van der Waals surface area contributed by atoms with Crippen LogP contribution in [-0.4, -0.2) is 44.3 Å². The number of likely N-dealkylation sites (tertiary alicyclic amines) is 1. The van der Waals surface area contributed by atoms with Crippen LogP contribution in [0.4, 0.5) is 14.5 Å². The normalized spacial score (nSPS) is 16.8. The van der Waals surface area contributed by atoms with Crippen LogP contribution in [0.2, 0.25) is 0 Å². The summed E-state index contributed by atoms with van der Waals surface area (Å²) < 4.78 is 34.5. The number of hydrogen-bond donors (Lipinski definition) is 1. The molecule has 4 aromatic rings. The molecule has 0 radical (unpaired) electrons. The molecule has 194 valence electrons. The highest BCUT2D eigenvalue weighted by Crippen LogP contribution is 2.29. The molecule has 1 aromatic heterocycles. The topological polar surface area (TPSA) is 89.4 Å². The van der Waals surface area contributed by atoms with Crippen molar-refractivity contribution < 1.29 is 23.1 Å². The molecule has 0 bridgehead atoms. The maximum Gasteiger partial charge on any atom is 0.247 e. The van der Waals surface area contributed by atoms with Crippen molar-refractivity contribution in [2.24, 2.45) is 5.92 Å². The Hall–Kier alpha value is -4.60. The number of halogens is 2. The van der Waals surface area contributed by atoms with Crippen molar-refractivity contribution in [1.82, 2.24) is 19.9 Å². The highest BCUT2D eigenvalue weighted by molar-refractivity contribution is 5.97. The minimum atomic E-state index is -0.724. The van der Waals surface area contributed by atoms with E-state index in [4.69, 9.17) is 4.74 Å². The lowest BCUT2D eigenvalue weighted by Crippen LogP contribution is -2.44. The molecule has 1 fully saturated rings. The summed E-state index contributed by atoms with van der Waals surface area (Å²) in [5, 5.41) is 10.4. The van der Waals surface area contributed by atoms with Crippen LogP contribution >= 0.6 is 0 Å². The number of carbonyl (C=O) groups is 2. The number of amides is 2. The van der Waals surface area contributed by atoms with E-state index in [2.05, 4.69) is 15.6 Å². The van der Waals surface area contributed by atoms with Crippen molar-refractivity contribution >= 4 is 17.5 Å². The van der Waals surface area contributed by atoms with Crippen molar-refractivity contribution in [3.63, 3.8) is 0 Å². The van der Waals surface area contributed by atoms with Crippen LogP contribution in [0.5, 0.6) is 11.5 Å². The first-order valence-electron chi connectivity index (χ1n) is 12.2. The van der Waals surface area contributed by atoms with Gasteiger partial charge in [-0.1, -0.05) is 23.4 Å². The van der Waals surface area contributed by atoms with Crippen LogP contribution in [0.15, 0.2) is 85.2 Å². The van der Waals surface area contributed by atoms with Crippen LogP contribution in [0.1, 0.15) is 12.0 Å². The number of nitrogens with one attached hydrogen (secondary N) is 1. The number of benzene rings is 3. The first kappa shape index (κ1) is 25.1. The summed E-state index contributed by atoms with van der Waals surface area (Å²) in [6.45, 7) is 0.274. The molecule has 0 spiro atoms. The Morgan fingerprint density at radius 2 is 1.68 bits per heavy atom. The Morgan fingerprint density at radius 1 is 0.974 bits per heavy atom. The highest BCUT2D eigenvalue weighted by atomic mass is 19.1. The lowest BCUT2D eigenvalue weighted by atomic mass is 9.96. The maximum atomic E-state index is 14.3. The molecule has 2 atom stereocenters. The molecule has 1 aliphatic heterocycles. The Balaban J connectivity index is 1.27. The quantitative estimate of drug-likeness (QED) is 0.373. The molecule has 0 aliphatic carbocycles. The zero-order chi connectivity index (χ0) is 26.5. The Kier molecular flexibility index (Phi) is 7.39. The number of ether oxygens (including phenoxy) is 1. The fourth-order valence-corrected chi connectivity index (χ4v) is 4.59. The van der Waals surface area contributed by atoms with Crippen molar-refractivity contribution in [1.29, 1.82) is 0 Å². The zero-order valence-corrected chi connectivity index (χ0v) is 20.3. The molecule has 0 saturated carbocycles. The second-order valence-corrected chi connectivity index (χ2v) is 9.13. The molecule has 1 saturated heterocycles. The average molecular weight is 518 g/mol. The van der Waals surface area contributed by atoms with Gasteiger partial charge in [-0.25, -0.2) is 13.5 Å². The first-order valence-corrected chi connectivity index (χ1v) is 12.2. The molecule has 2 amide bonds. The number of carbonyl (C=O) groups excluding carboxylic acids is 2. The fourth-order valence-electron chi connectivity index (χ4n) is 4.59. The van der Waals surface area contributed by atoms with Gasteiger partial charge in [0.2, 0.25) is 11.8 Å². The summed E-state index contributed by atoms with van der Waals surface area (Å²) in [5.74, 6) is -0.346. The fraction of sp³-hybridized carbons (Fsp3) is 0.214. The van der Waals surface area contributed by atoms with Crippen molar-refractivity contribution in [3.8, 4) is 11.5 Å². The van der Waals surface area contributed by atoms with Crippen molar-refractivity contribution in [2.75, 3.05) is 11.9 Å². The molecule has 38 heavy (non-hydrogen) atoms. The summed E-state index contributed by atoms with van der Waals surface area (Å²) in [6, 6.07) is 18.2. The number of rotatable bonds is 8. The summed E-state index contributed by atoms with van der Waals surface area (Å²) in [5.41, 5.74) is 1.08. The van der Waals surface area contributed by atoms with Gasteiger partial charge in [-0.2, -0.15) is 0 Å². The van der Waals surface area contributed by atoms with Gasteiger partial charge in [0, 0.05) is 18.4 Å². The van der Waals surface area contributed by atoms with E-state index < -0.39 is 6.04 Å². The molecule has 1 aliphatic rings. The molecule has 2 unspecified atom stereocenters. The number of nitrogens with zero attached hydrogens (tertiary/aromatic N) is 4. The molecule has 3 aromatic carbocycles. The Labute approximate surface area is 217 Å².